The summed E-state index contributed by atoms with van der Waals surface area (Å²) in [5, 5.41) is 5.79. The van der Waals surface area contributed by atoms with Crippen molar-refractivity contribution in [3.8, 4) is 0 Å². The summed E-state index contributed by atoms with van der Waals surface area (Å²) in [5.41, 5.74) is 1.08. The van der Waals surface area contributed by atoms with Gasteiger partial charge in [0, 0.05) is 10.8 Å². The van der Waals surface area contributed by atoms with E-state index in [0.29, 0.717) is 10.4 Å². The number of carbonyl (C=O) groups is 1. The summed E-state index contributed by atoms with van der Waals surface area (Å²) in [4.78, 5) is 31.1. The van der Waals surface area contributed by atoms with Crippen LogP contribution in [0.2, 0.25) is 0 Å². The first-order chi connectivity index (χ1) is 10.9. The summed E-state index contributed by atoms with van der Waals surface area (Å²) in [6.07, 6.45) is 2.77. The van der Waals surface area contributed by atoms with E-state index in [1.807, 2.05) is 20.8 Å². The third kappa shape index (κ3) is 2.89. The van der Waals surface area contributed by atoms with E-state index < -0.39 is 5.97 Å². The summed E-state index contributed by atoms with van der Waals surface area (Å²) >= 11 is 1.22. The van der Waals surface area contributed by atoms with Gasteiger partial charge in [0.1, 0.15) is 17.7 Å². The number of fused-ring (bicyclic) bond motifs is 1. The van der Waals surface area contributed by atoms with Crippen LogP contribution in [-0.2, 0) is 16.8 Å². The van der Waals surface area contributed by atoms with E-state index in [1.54, 1.807) is 5.38 Å². The van der Waals surface area contributed by atoms with Gasteiger partial charge in [0.05, 0.1) is 28.5 Å². The Labute approximate surface area is 135 Å². The van der Waals surface area contributed by atoms with Crippen molar-refractivity contribution in [2.45, 2.75) is 32.8 Å². The Bertz CT molecular complexity index is 917. The van der Waals surface area contributed by atoms with Crippen LogP contribution in [0.15, 0.2) is 27.3 Å². The van der Waals surface area contributed by atoms with Crippen LogP contribution in [0.25, 0.3) is 10.2 Å². The zero-order chi connectivity index (χ0) is 16.6. The predicted molar refractivity (Wildman–Crippen MR) is 84.6 cm³/mol. The molecule has 3 aromatic rings. The molecule has 0 atom stereocenters. The van der Waals surface area contributed by atoms with Crippen molar-refractivity contribution < 1.29 is 14.1 Å². The standard InChI is InChI=1S/C15H15N3O4S/c1-15(2,3)11-8(5-22-18-11)4-21-14(20)9-6-23-13-10(9)12(19)16-7-17-13/h5-7H,4H2,1-3H3,(H,16,17,19). The fraction of sp³-hybridized carbons (Fsp3) is 0.333. The van der Waals surface area contributed by atoms with Crippen LogP contribution in [0.3, 0.4) is 0 Å². The van der Waals surface area contributed by atoms with Gasteiger partial charge in [-0.3, -0.25) is 4.79 Å². The van der Waals surface area contributed by atoms with Crippen LogP contribution >= 0.6 is 11.3 Å². The number of esters is 1. The van der Waals surface area contributed by atoms with Gasteiger partial charge >= 0.3 is 5.97 Å². The molecule has 8 heteroatoms. The topological polar surface area (TPSA) is 98.1 Å². The first-order valence-electron chi connectivity index (χ1n) is 6.93. The number of rotatable bonds is 3. The van der Waals surface area contributed by atoms with Crippen molar-refractivity contribution in [2.75, 3.05) is 0 Å². The molecule has 0 saturated heterocycles. The molecule has 0 bridgehead atoms. The Morgan fingerprint density at radius 2 is 2.22 bits per heavy atom. The molecule has 0 aliphatic carbocycles. The molecule has 3 heterocycles. The van der Waals surface area contributed by atoms with Crippen molar-refractivity contribution in [1.29, 1.82) is 0 Å². The third-order valence-electron chi connectivity index (χ3n) is 3.31. The van der Waals surface area contributed by atoms with E-state index in [9.17, 15) is 9.59 Å². The molecule has 1 N–H and O–H groups in total. The first-order valence-corrected chi connectivity index (χ1v) is 7.81. The molecule has 0 aliphatic rings. The highest BCUT2D eigenvalue weighted by Gasteiger charge is 2.24. The number of hydrogen-bond acceptors (Lipinski definition) is 7. The fourth-order valence-corrected chi connectivity index (χ4v) is 3.11. The van der Waals surface area contributed by atoms with Crippen molar-refractivity contribution in [3.63, 3.8) is 0 Å². The highest BCUT2D eigenvalue weighted by molar-refractivity contribution is 7.17. The average Bonchev–Trinajstić information content (AvgIpc) is 3.11. The number of nitrogens with one attached hydrogen (secondary N) is 1. The van der Waals surface area contributed by atoms with Crippen molar-refractivity contribution in [2.24, 2.45) is 0 Å². The van der Waals surface area contributed by atoms with Crippen molar-refractivity contribution in [1.82, 2.24) is 15.1 Å². The van der Waals surface area contributed by atoms with Gasteiger partial charge < -0.3 is 14.2 Å². The quantitative estimate of drug-likeness (QED) is 0.740. The number of aromatic nitrogens is 3. The van der Waals surface area contributed by atoms with Crippen LogP contribution < -0.4 is 5.56 Å². The third-order valence-corrected chi connectivity index (χ3v) is 4.19. The van der Waals surface area contributed by atoms with Gasteiger partial charge in [0.25, 0.3) is 5.56 Å². The van der Waals surface area contributed by atoms with Crippen molar-refractivity contribution in [3.05, 3.63) is 45.1 Å². The number of aromatic amines is 1. The second-order valence-electron chi connectivity index (χ2n) is 6.08. The van der Waals surface area contributed by atoms with E-state index in [4.69, 9.17) is 9.26 Å². The summed E-state index contributed by atoms with van der Waals surface area (Å²) < 4.78 is 10.3. The Balaban J connectivity index is 1.83. The van der Waals surface area contributed by atoms with Crippen LogP contribution in [0, 0.1) is 0 Å². The van der Waals surface area contributed by atoms with E-state index in [-0.39, 0.29) is 28.5 Å². The zero-order valence-electron chi connectivity index (χ0n) is 12.9. The molecular formula is C15H15N3O4S. The van der Waals surface area contributed by atoms with Gasteiger partial charge in [-0.1, -0.05) is 25.9 Å². The van der Waals surface area contributed by atoms with Gasteiger partial charge in [-0.15, -0.1) is 11.3 Å². The largest absolute Gasteiger partial charge is 0.457 e. The van der Waals surface area contributed by atoms with E-state index >= 15 is 0 Å². The SMILES string of the molecule is CC(C)(C)c1nocc1COC(=O)c1csc2nc[nH]c(=O)c12. The first kappa shape index (κ1) is 15.4. The Kier molecular flexibility index (Phi) is 3.77. The molecule has 0 spiro atoms. The lowest BCUT2D eigenvalue weighted by Crippen LogP contribution is -2.16. The lowest BCUT2D eigenvalue weighted by Gasteiger charge is -2.16. The maximum absolute atomic E-state index is 12.3. The molecule has 0 amide bonds. The van der Waals surface area contributed by atoms with Crippen LogP contribution in [0.5, 0.6) is 0 Å². The molecule has 0 saturated carbocycles. The summed E-state index contributed by atoms with van der Waals surface area (Å²) in [6, 6.07) is 0. The average molecular weight is 333 g/mol. The summed E-state index contributed by atoms with van der Waals surface area (Å²) in [7, 11) is 0. The van der Waals surface area contributed by atoms with Gasteiger partial charge in [0.2, 0.25) is 0 Å². The van der Waals surface area contributed by atoms with E-state index in [2.05, 4.69) is 15.1 Å². The Morgan fingerprint density at radius 3 is 2.96 bits per heavy atom. The van der Waals surface area contributed by atoms with Gasteiger partial charge in [-0.25, -0.2) is 9.78 Å². The number of ether oxygens (including phenoxy) is 1. The lowest BCUT2D eigenvalue weighted by atomic mass is 9.90. The Hall–Kier alpha value is -2.48. The lowest BCUT2D eigenvalue weighted by molar-refractivity contribution is 0.0473. The molecule has 3 aromatic heterocycles. The van der Waals surface area contributed by atoms with Gasteiger partial charge in [0.15, 0.2) is 0 Å². The number of hydrogen-bond donors (Lipinski definition) is 1. The molecule has 0 fully saturated rings. The summed E-state index contributed by atoms with van der Waals surface area (Å²) in [6.45, 7) is 6.01. The minimum absolute atomic E-state index is 0.0322. The predicted octanol–water partition coefficient (Wildman–Crippen LogP) is 2.63. The second kappa shape index (κ2) is 5.62. The number of carbonyl (C=O) groups excluding carboxylic acids is 1. The van der Waals surface area contributed by atoms with Crippen LogP contribution in [0.1, 0.15) is 42.4 Å². The normalized spacial score (nSPS) is 11.8. The molecular weight excluding hydrogens is 318 g/mol. The molecule has 0 aliphatic heterocycles. The van der Waals surface area contributed by atoms with Crippen LogP contribution in [-0.4, -0.2) is 21.1 Å². The zero-order valence-corrected chi connectivity index (χ0v) is 13.7. The second-order valence-corrected chi connectivity index (χ2v) is 6.93. The molecule has 0 unspecified atom stereocenters. The molecule has 7 nitrogen and oxygen atoms in total. The minimum Gasteiger partial charge on any atom is -0.457 e. The fourth-order valence-electron chi connectivity index (χ4n) is 2.23. The van der Waals surface area contributed by atoms with Gasteiger partial charge in [-0.2, -0.15) is 0 Å². The van der Waals surface area contributed by atoms with E-state index in [1.165, 1.54) is 23.9 Å². The monoisotopic (exact) mass is 333 g/mol. The molecule has 0 aromatic carbocycles. The molecule has 120 valence electrons. The number of thiophene rings is 1. The summed E-state index contributed by atoms with van der Waals surface area (Å²) in [5.74, 6) is -0.573. The highest BCUT2D eigenvalue weighted by Crippen LogP contribution is 2.26. The Morgan fingerprint density at radius 1 is 1.43 bits per heavy atom. The number of H-pyrrole nitrogens is 1. The number of nitrogens with zero attached hydrogens (tertiary/aromatic N) is 2. The molecule has 3 rings (SSSR count). The van der Waals surface area contributed by atoms with E-state index in [0.717, 1.165) is 5.69 Å². The maximum Gasteiger partial charge on any atom is 0.340 e. The molecule has 0 radical (unpaired) electrons. The maximum atomic E-state index is 12.3. The van der Waals surface area contributed by atoms with Gasteiger partial charge in [-0.05, 0) is 0 Å². The van der Waals surface area contributed by atoms with Crippen molar-refractivity contribution >= 4 is 27.5 Å². The van der Waals surface area contributed by atoms with Crippen LogP contribution in [0.4, 0.5) is 0 Å². The highest BCUT2D eigenvalue weighted by atomic mass is 32.1. The smallest absolute Gasteiger partial charge is 0.340 e. The molecule has 23 heavy (non-hydrogen) atoms. The minimum atomic E-state index is -0.573.